The Morgan fingerprint density at radius 3 is 2.72 bits per heavy atom. The van der Waals surface area contributed by atoms with Gasteiger partial charge in [0.25, 0.3) is 0 Å². The Kier molecular flexibility index (Phi) is 3.94. The van der Waals surface area contributed by atoms with Crippen molar-refractivity contribution < 1.29 is 0 Å². The molecule has 25 heavy (non-hydrogen) atoms. The Morgan fingerprint density at radius 1 is 1.24 bits per heavy atom. The van der Waals surface area contributed by atoms with E-state index in [0.29, 0.717) is 17.1 Å². The number of fused-ring (bicyclic) bond motifs is 1. The van der Waals surface area contributed by atoms with Gasteiger partial charge in [-0.05, 0) is 25.0 Å². The molecule has 0 amide bonds. The highest BCUT2D eigenvalue weighted by Gasteiger charge is 2.24. The van der Waals surface area contributed by atoms with Crippen LogP contribution in [0, 0.1) is 11.3 Å². The van der Waals surface area contributed by atoms with Crippen LogP contribution in [0.15, 0.2) is 41.3 Å². The van der Waals surface area contributed by atoms with E-state index in [0.717, 1.165) is 31.4 Å². The highest BCUT2D eigenvalue weighted by Crippen LogP contribution is 2.30. The van der Waals surface area contributed by atoms with Gasteiger partial charge in [-0.3, -0.25) is 9.13 Å². The first-order valence-electron chi connectivity index (χ1n) is 8.45. The number of anilines is 2. The van der Waals surface area contributed by atoms with Crippen LogP contribution in [0.3, 0.4) is 0 Å². The summed E-state index contributed by atoms with van der Waals surface area (Å²) in [5, 5.41) is 12.2. The third-order valence-corrected chi connectivity index (χ3v) is 4.65. The van der Waals surface area contributed by atoms with Gasteiger partial charge in [0, 0.05) is 11.7 Å². The number of nitriles is 1. The first-order chi connectivity index (χ1) is 12.3. The molecular weight excluding hydrogens is 316 g/mol. The van der Waals surface area contributed by atoms with Gasteiger partial charge in [-0.25, -0.2) is 9.78 Å². The van der Waals surface area contributed by atoms with E-state index < -0.39 is 0 Å². The van der Waals surface area contributed by atoms with Gasteiger partial charge in [0.2, 0.25) is 5.95 Å². The topological polar surface area (TPSA) is 88.5 Å². The predicted molar refractivity (Wildman–Crippen MR) is 94.6 cm³/mol. The molecule has 0 spiro atoms. The Labute approximate surface area is 144 Å². The molecule has 3 aromatic rings. The number of aromatic nitrogens is 4. The largest absolute Gasteiger partial charge is 0.331 e. The normalized spacial score (nSPS) is 14.7. The second-order valence-corrected chi connectivity index (χ2v) is 6.23. The smallest absolute Gasteiger partial charge is 0.324 e. The third kappa shape index (κ3) is 2.76. The van der Waals surface area contributed by atoms with Crippen LogP contribution < -0.4 is 11.0 Å². The van der Waals surface area contributed by atoms with E-state index >= 15 is 0 Å². The summed E-state index contributed by atoms with van der Waals surface area (Å²) in [5.41, 5.74) is 1.92. The minimum absolute atomic E-state index is 0.00384. The summed E-state index contributed by atoms with van der Waals surface area (Å²) in [6, 6.07) is 11.9. The fourth-order valence-electron chi connectivity index (χ4n) is 3.48. The van der Waals surface area contributed by atoms with Crippen LogP contribution in [0.1, 0.15) is 31.7 Å². The van der Waals surface area contributed by atoms with Crippen molar-refractivity contribution in [1.29, 1.82) is 5.26 Å². The van der Waals surface area contributed by atoms with E-state index in [2.05, 4.69) is 21.4 Å². The molecule has 7 nitrogen and oxygen atoms in total. The third-order valence-electron chi connectivity index (χ3n) is 4.65. The molecule has 0 radical (unpaired) electrons. The van der Waals surface area contributed by atoms with Gasteiger partial charge < -0.3 is 5.32 Å². The summed E-state index contributed by atoms with van der Waals surface area (Å²) in [7, 11) is 0. The lowest BCUT2D eigenvalue weighted by atomic mass is 10.2. The van der Waals surface area contributed by atoms with E-state index in [9.17, 15) is 4.79 Å². The summed E-state index contributed by atoms with van der Waals surface area (Å²) in [6.45, 7) is 0.00384. The molecule has 0 aliphatic heterocycles. The molecule has 126 valence electrons. The van der Waals surface area contributed by atoms with Crippen LogP contribution in [-0.2, 0) is 6.54 Å². The molecule has 0 atom stereocenters. The number of nitrogens with zero attached hydrogens (tertiary/aromatic N) is 5. The summed E-state index contributed by atoms with van der Waals surface area (Å²) in [5.74, 6) is 0.444. The number of para-hydroxylation sites is 1. The van der Waals surface area contributed by atoms with Crippen molar-refractivity contribution >= 4 is 22.8 Å². The number of imidazole rings is 1. The van der Waals surface area contributed by atoms with Gasteiger partial charge in [0.05, 0.1) is 12.3 Å². The number of hydrogen-bond donors (Lipinski definition) is 1. The average Bonchev–Trinajstić information content (AvgIpc) is 3.23. The van der Waals surface area contributed by atoms with E-state index in [-0.39, 0.29) is 18.3 Å². The lowest BCUT2D eigenvalue weighted by molar-refractivity contribution is 0.504. The molecule has 1 aliphatic rings. The van der Waals surface area contributed by atoms with Crippen molar-refractivity contribution in [3.63, 3.8) is 0 Å². The van der Waals surface area contributed by atoms with Crippen molar-refractivity contribution in [1.82, 2.24) is 19.1 Å². The quantitative estimate of drug-likeness (QED) is 0.792. The first-order valence-corrected chi connectivity index (χ1v) is 8.45. The molecule has 2 aromatic heterocycles. The van der Waals surface area contributed by atoms with Gasteiger partial charge in [-0.2, -0.15) is 10.2 Å². The monoisotopic (exact) mass is 334 g/mol. The Hall–Kier alpha value is -3.14. The van der Waals surface area contributed by atoms with Crippen molar-refractivity contribution in [3.8, 4) is 6.07 Å². The van der Waals surface area contributed by atoms with Crippen LogP contribution in [0.2, 0.25) is 0 Å². The highest BCUT2D eigenvalue weighted by atomic mass is 16.1. The van der Waals surface area contributed by atoms with Gasteiger partial charge >= 0.3 is 5.69 Å². The van der Waals surface area contributed by atoms with Gasteiger partial charge in [0.1, 0.15) is 12.1 Å². The Balaban J connectivity index is 1.83. The summed E-state index contributed by atoms with van der Waals surface area (Å²) in [4.78, 5) is 21.7. The van der Waals surface area contributed by atoms with Crippen LogP contribution in [0.5, 0.6) is 0 Å². The zero-order chi connectivity index (χ0) is 17.2. The van der Waals surface area contributed by atoms with Crippen LogP contribution >= 0.6 is 0 Å². The molecule has 7 heteroatoms. The Bertz CT molecular complexity index is 992. The number of nitrogens with one attached hydrogen (secondary N) is 1. The number of benzene rings is 1. The van der Waals surface area contributed by atoms with Crippen molar-refractivity contribution in [2.45, 2.75) is 38.3 Å². The highest BCUT2D eigenvalue weighted by molar-refractivity contribution is 5.73. The fourth-order valence-corrected chi connectivity index (χ4v) is 3.48. The molecule has 2 heterocycles. The Morgan fingerprint density at radius 2 is 2.00 bits per heavy atom. The average molecular weight is 334 g/mol. The molecule has 0 unspecified atom stereocenters. The zero-order valence-corrected chi connectivity index (χ0v) is 13.7. The SMILES string of the molecule is N#CCn1c(=O)n(C2CCCC2)c2nc(Nc3ccccc3)ncc21. The van der Waals surface area contributed by atoms with Gasteiger partial charge in [0.15, 0.2) is 5.65 Å². The van der Waals surface area contributed by atoms with Crippen molar-refractivity contribution in [2.75, 3.05) is 5.32 Å². The molecule has 1 aliphatic carbocycles. The fraction of sp³-hybridized carbons (Fsp3) is 0.333. The van der Waals surface area contributed by atoms with E-state index in [4.69, 9.17) is 5.26 Å². The maximum absolute atomic E-state index is 12.8. The van der Waals surface area contributed by atoms with E-state index in [1.165, 1.54) is 4.57 Å². The molecule has 4 rings (SSSR count). The second kappa shape index (κ2) is 6.40. The molecule has 1 fully saturated rings. The molecule has 1 aromatic carbocycles. The summed E-state index contributed by atoms with van der Waals surface area (Å²) >= 11 is 0. The van der Waals surface area contributed by atoms with Gasteiger partial charge in [-0.15, -0.1) is 0 Å². The number of rotatable bonds is 4. The van der Waals surface area contributed by atoms with Gasteiger partial charge in [-0.1, -0.05) is 31.0 Å². The molecule has 1 N–H and O–H groups in total. The first kappa shape index (κ1) is 15.4. The second-order valence-electron chi connectivity index (χ2n) is 6.23. The minimum atomic E-state index is -0.172. The van der Waals surface area contributed by atoms with E-state index in [1.807, 2.05) is 30.3 Å². The lowest BCUT2D eigenvalue weighted by Crippen LogP contribution is -2.26. The molecule has 0 saturated heterocycles. The van der Waals surface area contributed by atoms with E-state index in [1.54, 1.807) is 10.8 Å². The zero-order valence-electron chi connectivity index (χ0n) is 13.7. The summed E-state index contributed by atoms with van der Waals surface area (Å²) in [6.07, 6.45) is 5.79. The molecule has 1 saturated carbocycles. The lowest BCUT2D eigenvalue weighted by Gasteiger charge is -2.11. The van der Waals surface area contributed by atoms with Crippen molar-refractivity contribution in [3.05, 3.63) is 47.0 Å². The maximum Gasteiger partial charge on any atom is 0.331 e. The summed E-state index contributed by atoms with van der Waals surface area (Å²) < 4.78 is 3.21. The standard InChI is InChI=1S/C18H18N6O/c19-10-11-23-15-12-20-17(21-13-6-2-1-3-7-13)22-16(15)24(18(23)25)14-8-4-5-9-14/h1-3,6-7,12,14H,4-5,8-9,11H2,(H,20,21,22). The maximum atomic E-state index is 12.8. The van der Waals surface area contributed by atoms with Crippen LogP contribution in [0.25, 0.3) is 11.2 Å². The minimum Gasteiger partial charge on any atom is -0.324 e. The molecular formula is C18H18N6O. The van der Waals surface area contributed by atoms with Crippen LogP contribution in [0.4, 0.5) is 11.6 Å². The number of hydrogen-bond acceptors (Lipinski definition) is 5. The van der Waals surface area contributed by atoms with Crippen molar-refractivity contribution in [2.24, 2.45) is 0 Å². The van der Waals surface area contributed by atoms with Crippen LogP contribution in [-0.4, -0.2) is 19.1 Å². The molecule has 0 bridgehead atoms. The predicted octanol–water partition coefficient (Wildman–Crippen LogP) is 2.98.